The molecule has 18 heterocycles. The van der Waals surface area contributed by atoms with Gasteiger partial charge in [-0.25, -0.2) is 57.5 Å². The molecule has 0 aromatic heterocycles. The van der Waals surface area contributed by atoms with E-state index in [0.29, 0.717) is 0 Å². The van der Waals surface area contributed by atoms with Crippen molar-refractivity contribution in [2.75, 3.05) is 80.0 Å². The minimum Gasteiger partial charge on any atom is -0.282 e. The second kappa shape index (κ2) is 10.8. The van der Waals surface area contributed by atoms with E-state index in [9.17, 15) is 0 Å². The predicted octanol–water partition coefficient (Wildman–Crippen LogP) is -5.66. The highest BCUT2D eigenvalue weighted by Gasteiger charge is 2.75. The van der Waals surface area contributed by atoms with Crippen LogP contribution in [0.15, 0.2) is 0 Å². The van der Waals surface area contributed by atoms with Gasteiger partial charge >= 0.3 is 72.4 Å². The Hall–Kier alpha value is -8.76. The first-order valence-corrected chi connectivity index (χ1v) is 23.6. The van der Waals surface area contributed by atoms with Gasteiger partial charge in [0.05, 0.1) is 0 Å². The lowest BCUT2D eigenvalue weighted by Crippen LogP contribution is -2.63. The van der Waals surface area contributed by atoms with Crippen molar-refractivity contribution in [2.45, 2.75) is 74.0 Å². The average Bonchev–Trinajstić information content (AvgIpc) is 4.23. The molecule has 0 spiro atoms. The lowest BCUT2D eigenvalue weighted by molar-refractivity contribution is -0.0210. The van der Waals surface area contributed by atoms with E-state index in [0.717, 1.165) is 0 Å². The minimum atomic E-state index is -1.16. The van der Waals surface area contributed by atoms with Gasteiger partial charge in [-0.2, -0.15) is 0 Å². The van der Waals surface area contributed by atoms with Gasteiger partial charge in [0.2, 0.25) is 0 Å². The fraction of sp³-hybridized carbons (Fsp3) is 0.667. The molecule has 0 bridgehead atoms. The highest BCUT2D eigenvalue weighted by atomic mass is 16.3. The Balaban J connectivity index is 0.832. The molecule has 0 aliphatic carbocycles. The minimum absolute atomic E-state index is 0.457. The van der Waals surface area contributed by atoms with Crippen LogP contribution in [-0.2, 0) is 0 Å². The first-order chi connectivity index (χ1) is 34.7. The number of hydrogen-bond acceptors (Lipinski definition) is 12. The molecule has 18 aliphatic rings. The highest BCUT2D eigenvalue weighted by Crippen LogP contribution is 2.51. The number of urea groups is 12. The van der Waals surface area contributed by atoms with Crippen LogP contribution < -0.4 is 0 Å². The fourth-order valence-electron chi connectivity index (χ4n) is 16.0. The molecule has 18 saturated heterocycles. The fourth-order valence-corrected chi connectivity index (χ4v) is 16.0. The van der Waals surface area contributed by atoms with Gasteiger partial charge in [0.1, 0.15) is 80.0 Å². The quantitative estimate of drug-likeness (QED) is 0.220. The maximum atomic E-state index is 15.1. The molecule has 24 amide bonds. The van der Waals surface area contributed by atoms with Crippen molar-refractivity contribution in [3.05, 3.63) is 0 Å². The summed E-state index contributed by atoms with van der Waals surface area (Å²) >= 11 is 0. The number of hydrogen-bond donors (Lipinski definition) is 0. The number of amides is 24. The molecule has 0 N–H and O–H groups in total. The van der Waals surface area contributed by atoms with Gasteiger partial charge in [-0.05, 0) is 0 Å². The second-order valence-corrected chi connectivity index (χ2v) is 21.3. The Morgan fingerprint density at radius 2 is 0.194 bits per heavy atom. The van der Waals surface area contributed by atoms with Crippen LogP contribution in [0.5, 0.6) is 0 Å². The lowest BCUT2D eigenvalue weighted by atomic mass is 10.2. The summed E-state index contributed by atoms with van der Waals surface area (Å²) < 4.78 is 0. The third kappa shape index (κ3) is 3.41. The van der Waals surface area contributed by atoms with Crippen LogP contribution in [0.1, 0.15) is 0 Å². The van der Waals surface area contributed by atoms with Gasteiger partial charge in [0.25, 0.3) is 0 Å². The first-order valence-electron chi connectivity index (χ1n) is 23.6. The molecule has 36 nitrogen and oxygen atoms in total. The van der Waals surface area contributed by atoms with Crippen molar-refractivity contribution in [1.82, 2.24) is 118 Å². The number of carbonyl (C=O) groups excluding carboxylic acids is 12. The van der Waals surface area contributed by atoms with Crippen molar-refractivity contribution >= 4 is 72.4 Å². The molecule has 0 atom stereocenters. The third-order valence-electron chi connectivity index (χ3n) is 18.8. The van der Waals surface area contributed by atoms with Gasteiger partial charge in [0.15, 0.2) is 74.0 Å². The van der Waals surface area contributed by atoms with E-state index in [4.69, 9.17) is 0 Å². The van der Waals surface area contributed by atoms with Gasteiger partial charge < -0.3 is 0 Å². The highest BCUT2D eigenvalue weighted by molar-refractivity contribution is 5.95. The van der Waals surface area contributed by atoms with Crippen molar-refractivity contribution in [1.29, 1.82) is 0 Å². The molecule has 0 radical (unpaired) electrons. The zero-order chi connectivity index (χ0) is 48.2. The first kappa shape index (κ1) is 37.1. The summed E-state index contributed by atoms with van der Waals surface area (Å²) in [6.45, 7) is -5.48. The topological polar surface area (TPSA) is 283 Å². The number of nitrogens with zero attached hydrogens (tertiary/aromatic N) is 24. The van der Waals surface area contributed by atoms with Crippen molar-refractivity contribution in [3.63, 3.8) is 0 Å². The van der Waals surface area contributed by atoms with Crippen LogP contribution in [0.4, 0.5) is 57.5 Å². The summed E-state index contributed by atoms with van der Waals surface area (Å²) in [6, 6.07) is -7.90. The van der Waals surface area contributed by atoms with Crippen LogP contribution in [0, 0.1) is 0 Å². The summed E-state index contributed by atoms with van der Waals surface area (Å²) in [6.07, 6.45) is -13.9. The number of rotatable bonds is 0. The summed E-state index contributed by atoms with van der Waals surface area (Å²) in [5.41, 5.74) is 0. The van der Waals surface area contributed by atoms with Crippen LogP contribution in [0.3, 0.4) is 0 Å². The third-order valence-corrected chi connectivity index (χ3v) is 18.8. The molecular weight excluding hydrogens is 961 g/mol. The molecule has 0 unspecified atom stereocenters. The van der Waals surface area contributed by atoms with E-state index < -0.39 is 226 Å². The zero-order valence-corrected chi connectivity index (χ0v) is 37.0. The van der Waals surface area contributed by atoms with Crippen LogP contribution >= 0.6 is 0 Å². The van der Waals surface area contributed by atoms with Crippen LogP contribution in [0.25, 0.3) is 0 Å². The summed E-state index contributed by atoms with van der Waals surface area (Å²) in [5, 5.41) is 0. The van der Waals surface area contributed by atoms with E-state index in [2.05, 4.69) is 0 Å². The molecule has 0 saturated carbocycles. The molecule has 72 heavy (non-hydrogen) atoms. The SMILES string of the molecule is O=C1N2CN3C(=O)N4CN5C(=O)N6CN7C(=O)N8CN9C(=O)N%10CN%11C(=O)N%12CN1[C@H]1[C@@H]2N2CN%13C(=O)N(CN%14C(=O)N(CN%15C(=O)N(CN%16C(=O)N(CN%17C(=O)N(CN1C2=O)[C@H]%12[C@@H]%17%11)[C@H]%10[C@@H]%169)[C@H]8[C@@H]%157)[C@H]6[C@@H]%145)[C@H]4[C@@H]%133. The molecule has 36 heteroatoms. The Kier molecular flexibility index (Phi) is 5.55. The second-order valence-electron chi connectivity index (χ2n) is 21.3. The molecule has 372 valence electrons. The zero-order valence-electron chi connectivity index (χ0n) is 37.0. The maximum Gasteiger partial charge on any atom is 0.326 e. The molecule has 0 aromatic carbocycles. The molecule has 0 aromatic rings. The molecule has 18 fully saturated rings. The van der Waals surface area contributed by atoms with Gasteiger partial charge in [0, 0.05) is 0 Å². The van der Waals surface area contributed by atoms with Gasteiger partial charge in [-0.3, -0.25) is 118 Å². The molecular formula is C36H36N24O12. The van der Waals surface area contributed by atoms with E-state index in [1.54, 1.807) is 0 Å². The summed E-state index contributed by atoms with van der Waals surface area (Å²) in [7, 11) is 0. The Morgan fingerprint density at radius 1 is 0.139 bits per heavy atom. The lowest BCUT2D eigenvalue weighted by Gasteiger charge is -2.42. The monoisotopic (exact) mass is 996 g/mol. The van der Waals surface area contributed by atoms with E-state index in [1.807, 2.05) is 0 Å². The van der Waals surface area contributed by atoms with Crippen molar-refractivity contribution in [3.8, 4) is 0 Å². The Morgan fingerprint density at radius 3 is 0.250 bits per heavy atom. The summed E-state index contributed by atoms with van der Waals surface area (Å²) in [5.74, 6) is 0. The van der Waals surface area contributed by atoms with E-state index >= 15 is 57.5 Å². The number of carbonyl (C=O) groups is 12. The van der Waals surface area contributed by atoms with Gasteiger partial charge in [-0.15, -0.1) is 0 Å². The van der Waals surface area contributed by atoms with Crippen LogP contribution in [0.2, 0.25) is 0 Å². The van der Waals surface area contributed by atoms with Crippen molar-refractivity contribution in [2.24, 2.45) is 0 Å². The Labute approximate surface area is 401 Å². The Bertz CT molecular complexity index is 2140. The summed E-state index contributed by atoms with van der Waals surface area (Å²) in [4.78, 5) is 213. The predicted molar refractivity (Wildman–Crippen MR) is 213 cm³/mol. The van der Waals surface area contributed by atoms with E-state index in [1.165, 1.54) is 118 Å². The van der Waals surface area contributed by atoms with Gasteiger partial charge in [-0.1, -0.05) is 0 Å². The van der Waals surface area contributed by atoms with Crippen LogP contribution in [-0.4, -0.2) is 344 Å². The average molecular weight is 997 g/mol. The maximum absolute atomic E-state index is 15.1. The van der Waals surface area contributed by atoms with E-state index in [-0.39, 0.29) is 0 Å². The normalized spacial score (nSPS) is 40.3. The van der Waals surface area contributed by atoms with Crippen molar-refractivity contribution < 1.29 is 57.5 Å². The standard InChI is InChI=1S/C36H36N24O12/c61-25-37-1-38-14-16-42(26(38)62)4-46-18-20-50(30(46)66)8-54-22-24-58(34(54)70)11-57-23-21-53(33(57)69)7-49-19-17-45(29(49)65)3-41(25)15-13(37)39-2-40(14)28(64)44(16)6-48(18)32(68)52(20)10-56(22)36(72)60(24)12-59(23)35(71)55(21)9-51(19)31(67)47(17)5-43(15)27(39)63/h13-24H,1-12H2/t13-,14+,15+,16-,17-,18+,19+,20-,21-,22+,23+,24-. The molecule has 18 aliphatic heterocycles. The molecule has 18 rings (SSSR count). The smallest absolute Gasteiger partial charge is 0.282 e. The largest absolute Gasteiger partial charge is 0.326 e.